The summed E-state index contributed by atoms with van der Waals surface area (Å²) in [4.78, 5) is 22.6. The van der Waals surface area contributed by atoms with E-state index < -0.39 is 4.92 Å². The van der Waals surface area contributed by atoms with Gasteiger partial charge in [0.25, 0.3) is 5.69 Å². The van der Waals surface area contributed by atoms with Crippen LogP contribution in [0.1, 0.15) is 32.3 Å². The SMILES string of the molecule is CC1(C)CCCNC1CNC(=O)Cc1ccccc1[N+](=O)[O-].Cl. The van der Waals surface area contributed by atoms with Gasteiger partial charge in [0.1, 0.15) is 0 Å². The van der Waals surface area contributed by atoms with Crippen molar-refractivity contribution >= 4 is 24.0 Å². The van der Waals surface area contributed by atoms with E-state index >= 15 is 0 Å². The smallest absolute Gasteiger partial charge is 0.273 e. The Morgan fingerprint density at radius 3 is 2.78 bits per heavy atom. The summed E-state index contributed by atoms with van der Waals surface area (Å²) in [5.74, 6) is -0.183. The van der Waals surface area contributed by atoms with E-state index in [9.17, 15) is 14.9 Å². The highest BCUT2D eigenvalue weighted by Gasteiger charge is 2.32. The summed E-state index contributed by atoms with van der Waals surface area (Å²) in [5, 5.41) is 17.3. The quantitative estimate of drug-likeness (QED) is 0.636. The van der Waals surface area contributed by atoms with E-state index in [-0.39, 0.29) is 41.9 Å². The van der Waals surface area contributed by atoms with Gasteiger partial charge < -0.3 is 10.6 Å². The summed E-state index contributed by atoms with van der Waals surface area (Å²) in [6.45, 7) is 5.90. The first-order valence-electron chi connectivity index (χ1n) is 7.62. The molecule has 1 unspecified atom stereocenters. The third-order valence-corrected chi connectivity index (χ3v) is 4.37. The summed E-state index contributed by atoms with van der Waals surface area (Å²) >= 11 is 0. The number of nitro groups is 1. The first-order valence-corrected chi connectivity index (χ1v) is 7.62. The van der Waals surface area contributed by atoms with Crippen LogP contribution in [0.5, 0.6) is 0 Å². The predicted molar refractivity (Wildman–Crippen MR) is 91.9 cm³/mol. The van der Waals surface area contributed by atoms with Crippen LogP contribution in [0.25, 0.3) is 0 Å². The van der Waals surface area contributed by atoms with E-state index in [0.717, 1.165) is 19.4 Å². The fourth-order valence-corrected chi connectivity index (χ4v) is 2.91. The Balaban J connectivity index is 0.00000264. The van der Waals surface area contributed by atoms with E-state index in [1.807, 2.05) is 0 Å². The van der Waals surface area contributed by atoms with Crippen LogP contribution in [0.15, 0.2) is 24.3 Å². The summed E-state index contributed by atoms with van der Waals surface area (Å²) in [5.41, 5.74) is 0.583. The lowest BCUT2D eigenvalue weighted by Gasteiger charge is -2.39. The van der Waals surface area contributed by atoms with Gasteiger partial charge >= 0.3 is 0 Å². The van der Waals surface area contributed by atoms with Gasteiger partial charge in [-0.3, -0.25) is 14.9 Å². The molecule has 1 amide bonds. The number of amides is 1. The average Bonchev–Trinajstić information content (AvgIpc) is 2.46. The molecule has 1 heterocycles. The maximum absolute atomic E-state index is 12.1. The molecule has 23 heavy (non-hydrogen) atoms. The molecule has 0 bridgehead atoms. The molecule has 6 nitrogen and oxygen atoms in total. The van der Waals surface area contributed by atoms with Crippen LogP contribution in [0.3, 0.4) is 0 Å². The number of nitro benzene ring substituents is 1. The monoisotopic (exact) mass is 341 g/mol. The van der Waals surface area contributed by atoms with Crippen LogP contribution < -0.4 is 10.6 Å². The zero-order valence-electron chi connectivity index (χ0n) is 13.5. The number of halogens is 1. The minimum absolute atomic E-state index is 0. The van der Waals surface area contributed by atoms with Gasteiger partial charge in [-0.2, -0.15) is 0 Å². The lowest BCUT2D eigenvalue weighted by molar-refractivity contribution is -0.385. The minimum atomic E-state index is -0.450. The molecule has 0 radical (unpaired) electrons. The van der Waals surface area contributed by atoms with Gasteiger partial charge in [-0.25, -0.2) is 0 Å². The van der Waals surface area contributed by atoms with Crippen molar-refractivity contribution in [3.8, 4) is 0 Å². The Morgan fingerprint density at radius 1 is 1.43 bits per heavy atom. The molecule has 2 N–H and O–H groups in total. The van der Waals surface area contributed by atoms with Gasteiger partial charge in [0.15, 0.2) is 0 Å². The third-order valence-electron chi connectivity index (χ3n) is 4.37. The second-order valence-corrected chi connectivity index (χ2v) is 6.47. The normalized spacial score (nSPS) is 19.5. The van der Waals surface area contributed by atoms with E-state index in [2.05, 4.69) is 24.5 Å². The minimum Gasteiger partial charge on any atom is -0.354 e. The molecule has 1 aromatic rings. The summed E-state index contributed by atoms with van der Waals surface area (Å²) in [6.07, 6.45) is 2.31. The number of piperidine rings is 1. The van der Waals surface area contributed by atoms with Gasteiger partial charge in [0.05, 0.1) is 11.3 Å². The Bertz CT molecular complexity index is 563. The molecular weight excluding hydrogens is 318 g/mol. The molecule has 0 aliphatic carbocycles. The Kier molecular flexibility index (Phi) is 6.97. The van der Waals surface area contributed by atoms with Gasteiger partial charge in [0.2, 0.25) is 5.91 Å². The number of carbonyl (C=O) groups is 1. The molecular formula is C16H24ClN3O3. The molecule has 1 aliphatic rings. The maximum Gasteiger partial charge on any atom is 0.273 e. The summed E-state index contributed by atoms with van der Waals surface area (Å²) in [7, 11) is 0. The fourth-order valence-electron chi connectivity index (χ4n) is 2.91. The average molecular weight is 342 g/mol. The van der Waals surface area contributed by atoms with Crippen molar-refractivity contribution < 1.29 is 9.72 Å². The van der Waals surface area contributed by atoms with Gasteiger partial charge in [0, 0.05) is 24.2 Å². The van der Waals surface area contributed by atoms with Crippen molar-refractivity contribution in [3.05, 3.63) is 39.9 Å². The van der Waals surface area contributed by atoms with Gasteiger partial charge in [-0.05, 0) is 24.8 Å². The third kappa shape index (κ3) is 5.18. The van der Waals surface area contributed by atoms with E-state index in [1.54, 1.807) is 18.2 Å². The predicted octanol–water partition coefficient (Wildman–Crippen LogP) is 2.45. The molecule has 1 fully saturated rings. The number of rotatable bonds is 5. The summed E-state index contributed by atoms with van der Waals surface area (Å²) in [6, 6.07) is 6.60. The molecule has 1 saturated heterocycles. The zero-order valence-corrected chi connectivity index (χ0v) is 14.3. The highest BCUT2D eigenvalue weighted by Crippen LogP contribution is 2.29. The Labute approximate surface area is 142 Å². The van der Waals surface area contributed by atoms with Crippen LogP contribution in [0.4, 0.5) is 5.69 Å². The number of nitrogens with zero attached hydrogens (tertiary/aromatic N) is 1. The summed E-state index contributed by atoms with van der Waals surface area (Å²) < 4.78 is 0. The Hall–Kier alpha value is -1.66. The van der Waals surface area contributed by atoms with Crippen molar-refractivity contribution in [3.63, 3.8) is 0 Å². The number of hydrogen-bond acceptors (Lipinski definition) is 4. The van der Waals surface area contributed by atoms with Crippen molar-refractivity contribution in [2.45, 2.75) is 39.2 Å². The van der Waals surface area contributed by atoms with E-state index in [1.165, 1.54) is 6.07 Å². The molecule has 2 rings (SSSR count). The van der Waals surface area contributed by atoms with Crippen molar-refractivity contribution in [1.29, 1.82) is 0 Å². The topological polar surface area (TPSA) is 84.3 Å². The van der Waals surface area contributed by atoms with Crippen LogP contribution in [-0.2, 0) is 11.2 Å². The number of para-hydroxylation sites is 1. The number of nitrogens with one attached hydrogen (secondary N) is 2. The lowest BCUT2D eigenvalue weighted by Crippen LogP contribution is -2.53. The van der Waals surface area contributed by atoms with Crippen LogP contribution in [0.2, 0.25) is 0 Å². The highest BCUT2D eigenvalue weighted by atomic mass is 35.5. The molecule has 0 aromatic heterocycles. The number of hydrogen-bond donors (Lipinski definition) is 2. The number of carbonyl (C=O) groups excluding carboxylic acids is 1. The molecule has 0 spiro atoms. The second kappa shape index (κ2) is 8.26. The first-order chi connectivity index (χ1) is 10.4. The molecule has 1 aromatic carbocycles. The molecule has 1 atom stereocenters. The van der Waals surface area contributed by atoms with Gasteiger partial charge in [-0.1, -0.05) is 32.0 Å². The standard InChI is InChI=1S/C16H23N3O3.ClH/c1-16(2)8-5-9-17-14(16)11-18-15(20)10-12-6-3-4-7-13(12)19(21)22;/h3-4,6-7,14,17H,5,8-11H2,1-2H3,(H,18,20);1H. The molecule has 0 saturated carbocycles. The van der Waals surface area contributed by atoms with E-state index in [4.69, 9.17) is 0 Å². The van der Waals surface area contributed by atoms with Crippen molar-refractivity contribution in [1.82, 2.24) is 10.6 Å². The van der Waals surface area contributed by atoms with Crippen molar-refractivity contribution in [2.24, 2.45) is 5.41 Å². The Morgan fingerprint density at radius 2 is 2.13 bits per heavy atom. The fraction of sp³-hybridized carbons (Fsp3) is 0.562. The maximum atomic E-state index is 12.1. The largest absolute Gasteiger partial charge is 0.354 e. The lowest BCUT2D eigenvalue weighted by atomic mass is 9.77. The highest BCUT2D eigenvalue weighted by molar-refractivity contribution is 5.85. The van der Waals surface area contributed by atoms with Crippen LogP contribution in [-0.4, -0.2) is 30.0 Å². The molecule has 7 heteroatoms. The first kappa shape index (κ1) is 19.4. The van der Waals surface area contributed by atoms with E-state index in [0.29, 0.717) is 12.1 Å². The molecule has 1 aliphatic heterocycles. The molecule has 128 valence electrons. The van der Waals surface area contributed by atoms with Crippen LogP contribution >= 0.6 is 12.4 Å². The zero-order chi connectivity index (χ0) is 16.2. The number of benzene rings is 1. The van der Waals surface area contributed by atoms with Crippen LogP contribution in [0, 0.1) is 15.5 Å². The second-order valence-electron chi connectivity index (χ2n) is 6.47. The van der Waals surface area contributed by atoms with Gasteiger partial charge in [-0.15, -0.1) is 12.4 Å². The van der Waals surface area contributed by atoms with Crippen molar-refractivity contribution in [2.75, 3.05) is 13.1 Å².